The van der Waals surface area contributed by atoms with E-state index in [0.717, 1.165) is 17.8 Å². The molecule has 0 unspecified atom stereocenters. The first-order chi connectivity index (χ1) is 8.34. The van der Waals surface area contributed by atoms with E-state index in [0.29, 0.717) is 6.04 Å². The predicted molar refractivity (Wildman–Crippen MR) is 75.0 cm³/mol. The Balaban J connectivity index is 1.65. The van der Waals surface area contributed by atoms with Gasteiger partial charge in [-0.1, -0.05) is 12.8 Å². The third-order valence-electron chi connectivity index (χ3n) is 4.84. The molecule has 3 fully saturated rings. The average Bonchev–Trinajstić information content (AvgIpc) is 2.83. The second kappa shape index (κ2) is 3.95. The Hall–Kier alpha value is -0.100. The Kier molecular flexibility index (Phi) is 2.51. The van der Waals surface area contributed by atoms with Gasteiger partial charge in [0.25, 0.3) is 0 Å². The third kappa shape index (κ3) is 1.67. The molecule has 1 aliphatic heterocycles. The van der Waals surface area contributed by atoms with Crippen LogP contribution in [0.1, 0.15) is 43.3 Å². The molecule has 0 radical (unpaired) electrons. The van der Waals surface area contributed by atoms with E-state index in [4.69, 9.17) is 5.10 Å². The molecule has 17 heavy (non-hydrogen) atoms. The van der Waals surface area contributed by atoms with Gasteiger partial charge in [0, 0.05) is 11.6 Å². The van der Waals surface area contributed by atoms with Gasteiger partial charge >= 0.3 is 0 Å². The summed E-state index contributed by atoms with van der Waals surface area (Å²) in [5.74, 6) is 2.62. The molecule has 1 N–H and O–H groups in total. The molecule has 1 aromatic rings. The second-order valence-corrected chi connectivity index (χ2v) is 6.89. The van der Waals surface area contributed by atoms with Gasteiger partial charge in [0.15, 0.2) is 0 Å². The molecule has 3 atom stereocenters. The molecule has 1 saturated heterocycles. The van der Waals surface area contributed by atoms with Gasteiger partial charge < -0.3 is 5.32 Å². The lowest BCUT2D eigenvalue weighted by molar-refractivity contribution is 0.441. The van der Waals surface area contributed by atoms with Crippen molar-refractivity contribution in [1.82, 2.24) is 15.1 Å². The summed E-state index contributed by atoms with van der Waals surface area (Å²) in [5, 5.41) is 8.25. The third-order valence-corrected chi connectivity index (χ3v) is 5.37. The number of nitrogens with zero attached hydrogens (tertiary/aromatic N) is 2. The zero-order valence-electron chi connectivity index (χ0n) is 9.90. The average molecular weight is 343 g/mol. The second-order valence-electron chi connectivity index (χ2n) is 5.79. The summed E-state index contributed by atoms with van der Waals surface area (Å²) >= 11 is 2.37. The zero-order valence-corrected chi connectivity index (χ0v) is 12.1. The molecule has 4 heteroatoms. The van der Waals surface area contributed by atoms with Crippen LogP contribution in [-0.4, -0.2) is 22.9 Å². The topological polar surface area (TPSA) is 29.9 Å². The summed E-state index contributed by atoms with van der Waals surface area (Å²) < 4.78 is 3.57. The summed E-state index contributed by atoms with van der Waals surface area (Å²) in [5.41, 5.74) is 1.54. The normalized spacial score (nSPS) is 36.4. The van der Waals surface area contributed by atoms with Gasteiger partial charge in [0.1, 0.15) is 3.70 Å². The molecule has 0 spiro atoms. The number of nitrogens with one attached hydrogen (secondary N) is 1. The molecule has 0 bridgehead atoms. The van der Waals surface area contributed by atoms with Gasteiger partial charge in [-0.25, -0.2) is 0 Å². The van der Waals surface area contributed by atoms with Gasteiger partial charge in [0.2, 0.25) is 0 Å². The van der Waals surface area contributed by atoms with E-state index in [-0.39, 0.29) is 0 Å². The minimum absolute atomic E-state index is 0.697. The molecule has 2 aliphatic carbocycles. The molecular formula is C13H18IN3. The minimum Gasteiger partial charge on any atom is -0.316 e. The summed E-state index contributed by atoms with van der Waals surface area (Å²) in [7, 11) is 0. The molecule has 2 heterocycles. The smallest absolute Gasteiger partial charge is 0.123 e. The molecule has 0 amide bonds. The van der Waals surface area contributed by atoms with Crippen LogP contribution in [0.3, 0.4) is 0 Å². The molecular weight excluding hydrogens is 325 g/mol. The predicted octanol–water partition coefficient (Wildman–Crippen LogP) is 2.54. The highest BCUT2D eigenvalue weighted by atomic mass is 127. The highest BCUT2D eigenvalue weighted by Crippen LogP contribution is 2.56. The standard InChI is InChI=1S/C13H18IN3/c14-12-5-11(13-9-6-15-7-10(9)13)17(16-12)8-3-1-2-4-8/h5,8-10,13,15H,1-4,6-7H2/t9-,10+,13+. The van der Waals surface area contributed by atoms with Gasteiger partial charge in [-0.15, -0.1) is 0 Å². The number of aromatic nitrogens is 2. The van der Waals surface area contributed by atoms with Crippen LogP contribution in [0.2, 0.25) is 0 Å². The highest BCUT2D eigenvalue weighted by molar-refractivity contribution is 14.1. The van der Waals surface area contributed by atoms with Crippen LogP contribution in [0, 0.1) is 15.5 Å². The van der Waals surface area contributed by atoms with Crippen molar-refractivity contribution in [3.63, 3.8) is 0 Å². The fourth-order valence-corrected chi connectivity index (χ4v) is 4.48. The first-order valence-corrected chi connectivity index (χ1v) is 7.88. The number of hydrogen-bond acceptors (Lipinski definition) is 2. The Morgan fingerprint density at radius 3 is 2.65 bits per heavy atom. The van der Waals surface area contributed by atoms with Crippen LogP contribution in [-0.2, 0) is 0 Å². The first-order valence-electron chi connectivity index (χ1n) is 6.80. The number of fused-ring (bicyclic) bond motifs is 1. The van der Waals surface area contributed by atoms with Crippen molar-refractivity contribution in [1.29, 1.82) is 0 Å². The lowest BCUT2D eigenvalue weighted by Gasteiger charge is -2.15. The lowest BCUT2D eigenvalue weighted by atomic mass is 10.1. The number of halogens is 1. The van der Waals surface area contributed by atoms with Crippen LogP contribution < -0.4 is 5.32 Å². The molecule has 0 aromatic carbocycles. The quantitative estimate of drug-likeness (QED) is 0.837. The highest BCUT2D eigenvalue weighted by Gasteiger charge is 2.55. The van der Waals surface area contributed by atoms with Crippen LogP contribution in [0.4, 0.5) is 0 Å². The van der Waals surface area contributed by atoms with Crippen molar-refractivity contribution in [3.8, 4) is 0 Å². The summed E-state index contributed by atoms with van der Waals surface area (Å²) in [4.78, 5) is 0. The van der Waals surface area contributed by atoms with Crippen LogP contribution >= 0.6 is 22.6 Å². The van der Waals surface area contributed by atoms with Crippen molar-refractivity contribution in [2.24, 2.45) is 11.8 Å². The monoisotopic (exact) mass is 343 g/mol. The number of rotatable bonds is 2. The molecule has 92 valence electrons. The Labute approximate surface area is 115 Å². The Morgan fingerprint density at radius 2 is 1.94 bits per heavy atom. The zero-order chi connectivity index (χ0) is 11.4. The summed E-state index contributed by atoms with van der Waals surface area (Å²) in [6.45, 7) is 2.45. The number of hydrogen-bond donors (Lipinski definition) is 1. The fraction of sp³-hybridized carbons (Fsp3) is 0.769. The van der Waals surface area contributed by atoms with E-state index in [9.17, 15) is 0 Å². The van der Waals surface area contributed by atoms with Crippen LogP contribution in [0.5, 0.6) is 0 Å². The SMILES string of the molecule is Ic1cc([C@H]2[C@@H]3CNC[C@@H]32)n(C2CCCC2)n1. The van der Waals surface area contributed by atoms with Crippen molar-refractivity contribution < 1.29 is 0 Å². The summed E-state index contributed by atoms with van der Waals surface area (Å²) in [6.07, 6.45) is 5.45. The number of piperidine rings is 1. The van der Waals surface area contributed by atoms with E-state index in [2.05, 4.69) is 38.7 Å². The van der Waals surface area contributed by atoms with E-state index >= 15 is 0 Å². The van der Waals surface area contributed by atoms with E-state index in [1.807, 2.05) is 0 Å². The largest absolute Gasteiger partial charge is 0.316 e. The maximum absolute atomic E-state index is 4.76. The lowest BCUT2D eigenvalue weighted by Crippen LogP contribution is -2.17. The Morgan fingerprint density at radius 1 is 1.24 bits per heavy atom. The van der Waals surface area contributed by atoms with E-state index in [1.165, 1.54) is 48.2 Å². The van der Waals surface area contributed by atoms with Gasteiger partial charge in [-0.05, 0) is 66.4 Å². The molecule has 3 nitrogen and oxygen atoms in total. The van der Waals surface area contributed by atoms with E-state index in [1.54, 1.807) is 0 Å². The van der Waals surface area contributed by atoms with E-state index < -0.39 is 0 Å². The molecule has 3 aliphatic rings. The summed E-state index contributed by atoms with van der Waals surface area (Å²) in [6, 6.07) is 3.03. The van der Waals surface area contributed by atoms with Gasteiger partial charge in [-0.2, -0.15) is 5.10 Å². The van der Waals surface area contributed by atoms with Crippen LogP contribution in [0.15, 0.2) is 6.07 Å². The Bertz CT molecular complexity index is 426. The van der Waals surface area contributed by atoms with Gasteiger partial charge in [-0.3, -0.25) is 4.68 Å². The van der Waals surface area contributed by atoms with Gasteiger partial charge in [0.05, 0.1) is 6.04 Å². The molecule has 2 saturated carbocycles. The molecule has 4 rings (SSSR count). The van der Waals surface area contributed by atoms with Crippen molar-refractivity contribution in [2.45, 2.75) is 37.6 Å². The van der Waals surface area contributed by atoms with Crippen molar-refractivity contribution >= 4 is 22.6 Å². The fourth-order valence-electron chi connectivity index (χ4n) is 3.92. The molecule has 1 aromatic heterocycles. The van der Waals surface area contributed by atoms with Crippen LogP contribution in [0.25, 0.3) is 0 Å². The van der Waals surface area contributed by atoms with Crippen molar-refractivity contribution in [2.75, 3.05) is 13.1 Å². The van der Waals surface area contributed by atoms with Crippen molar-refractivity contribution in [3.05, 3.63) is 15.5 Å². The first kappa shape index (κ1) is 10.8. The maximum atomic E-state index is 4.76. The minimum atomic E-state index is 0.697. The maximum Gasteiger partial charge on any atom is 0.123 e.